The third-order valence-electron chi connectivity index (χ3n) is 6.82. The van der Waals surface area contributed by atoms with Crippen LogP contribution in [0.25, 0.3) is 22.6 Å². The Kier molecular flexibility index (Phi) is 6.22. The largest absolute Gasteiger partial charge is 0.492 e. The van der Waals surface area contributed by atoms with Crippen molar-refractivity contribution in [2.24, 2.45) is 7.05 Å². The molecule has 3 aromatic rings. The van der Waals surface area contributed by atoms with Gasteiger partial charge in [0.1, 0.15) is 12.4 Å². The maximum Gasteiger partial charge on any atom is 0.332 e. The van der Waals surface area contributed by atoms with Crippen LogP contribution in [-0.2, 0) is 7.05 Å². The molecule has 9 nitrogen and oxygen atoms in total. The monoisotopic (exact) mass is 450 g/mol. The number of piperidine rings is 1. The molecule has 1 aliphatic carbocycles. The fraction of sp³-hybridized carbons (Fsp3) is 0.542. The van der Waals surface area contributed by atoms with Gasteiger partial charge in [-0.25, -0.2) is 9.78 Å². The van der Waals surface area contributed by atoms with E-state index >= 15 is 0 Å². The van der Waals surface area contributed by atoms with E-state index in [1.807, 2.05) is 24.3 Å². The number of nitrogens with zero attached hydrogens (tertiary/aromatic N) is 6. The second-order valence-corrected chi connectivity index (χ2v) is 9.04. The Bertz CT molecular complexity index is 1240. The minimum Gasteiger partial charge on any atom is -0.492 e. The van der Waals surface area contributed by atoms with Gasteiger partial charge in [-0.3, -0.25) is 18.8 Å². The van der Waals surface area contributed by atoms with Crippen LogP contribution >= 0.6 is 0 Å². The molecule has 3 heterocycles. The summed E-state index contributed by atoms with van der Waals surface area (Å²) in [6.45, 7) is 3.90. The van der Waals surface area contributed by atoms with Gasteiger partial charge in [0.15, 0.2) is 17.0 Å². The minimum absolute atomic E-state index is 0.0371. The van der Waals surface area contributed by atoms with Gasteiger partial charge in [0.05, 0.1) is 0 Å². The van der Waals surface area contributed by atoms with Gasteiger partial charge >= 0.3 is 5.69 Å². The molecule has 5 rings (SSSR count). The van der Waals surface area contributed by atoms with Gasteiger partial charge < -0.3 is 4.74 Å². The van der Waals surface area contributed by atoms with Gasteiger partial charge in [-0.05, 0) is 63.0 Å². The number of benzene rings is 1. The molecule has 1 aliphatic heterocycles. The SMILES string of the molecule is Cn1c(=O)c2nc(-c3ccc(OCCN4CCCCC4)cc3)nnc2n(C2CCCC2)c1=O. The number of aromatic nitrogens is 5. The lowest BCUT2D eigenvalue weighted by Crippen LogP contribution is -2.40. The molecular weight excluding hydrogens is 420 g/mol. The second-order valence-electron chi connectivity index (χ2n) is 9.04. The summed E-state index contributed by atoms with van der Waals surface area (Å²) >= 11 is 0. The predicted octanol–water partition coefficient (Wildman–Crippen LogP) is 2.53. The van der Waals surface area contributed by atoms with Crippen LogP contribution in [0.3, 0.4) is 0 Å². The molecule has 0 amide bonds. The molecule has 33 heavy (non-hydrogen) atoms. The Hall–Kier alpha value is -3.07. The van der Waals surface area contributed by atoms with Crippen molar-refractivity contribution >= 4 is 11.2 Å². The lowest BCUT2D eigenvalue weighted by atomic mass is 10.1. The van der Waals surface area contributed by atoms with Crippen LogP contribution in [-0.4, -0.2) is 55.5 Å². The summed E-state index contributed by atoms with van der Waals surface area (Å²) in [5.74, 6) is 1.14. The third kappa shape index (κ3) is 4.42. The maximum absolute atomic E-state index is 12.8. The van der Waals surface area contributed by atoms with Crippen molar-refractivity contribution < 1.29 is 4.74 Å². The average molecular weight is 451 g/mol. The molecule has 0 unspecified atom stereocenters. The van der Waals surface area contributed by atoms with E-state index in [1.165, 1.54) is 26.3 Å². The Balaban J connectivity index is 1.37. The lowest BCUT2D eigenvalue weighted by Gasteiger charge is -2.26. The molecule has 2 aliphatic rings. The van der Waals surface area contributed by atoms with Crippen LogP contribution in [0.5, 0.6) is 5.75 Å². The van der Waals surface area contributed by atoms with E-state index in [2.05, 4.69) is 20.1 Å². The second kappa shape index (κ2) is 9.43. The topological polar surface area (TPSA) is 95.1 Å². The first kappa shape index (κ1) is 21.8. The predicted molar refractivity (Wildman–Crippen MR) is 126 cm³/mol. The standard InChI is InChI=1S/C24H30N6O3/c1-28-23(31)20-22(30(24(28)32)18-7-3-4-8-18)27-26-21(25-20)17-9-11-19(12-10-17)33-16-15-29-13-5-2-6-14-29/h9-12,18H,2-8,13-16H2,1H3. The van der Waals surface area contributed by atoms with Gasteiger partial charge in [-0.15, -0.1) is 10.2 Å². The van der Waals surface area contributed by atoms with Crippen molar-refractivity contribution in [3.05, 3.63) is 45.1 Å². The zero-order valence-electron chi connectivity index (χ0n) is 19.1. The molecule has 0 N–H and O–H groups in total. The zero-order valence-corrected chi connectivity index (χ0v) is 19.1. The molecule has 9 heteroatoms. The zero-order chi connectivity index (χ0) is 22.8. The van der Waals surface area contributed by atoms with Crippen LogP contribution in [0.4, 0.5) is 0 Å². The van der Waals surface area contributed by atoms with Gasteiger partial charge in [-0.2, -0.15) is 0 Å². The normalized spacial score (nSPS) is 17.6. The van der Waals surface area contributed by atoms with Crippen LogP contribution in [0.2, 0.25) is 0 Å². The first-order chi connectivity index (χ1) is 16.1. The number of likely N-dealkylation sites (tertiary alicyclic amines) is 1. The highest BCUT2D eigenvalue weighted by Gasteiger charge is 2.24. The molecule has 0 spiro atoms. The van der Waals surface area contributed by atoms with Crippen molar-refractivity contribution in [1.82, 2.24) is 29.2 Å². The fourth-order valence-corrected chi connectivity index (χ4v) is 4.91. The van der Waals surface area contributed by atoms with Crippen molar-refractivity contribution in [2.45, 2.75) is 51.0 Å². The Morgan fingerprint density at radius 1 is 0.970 bits per heavy atom. The van der Waals surface area contributed by atoms with E-state index in [1.54, 1.807) is 4.57 Å². The minimum atomic E-state index is -0.446. The quantitative estimate of drug-likeness (QED) is 0.569. The highest BCUT2D eigenvalue weighted by Crippen LogP contribution is 2.29. The number of hydrogen-bond acceptors (Lipinski definition) is 7. The van der Waals surface area contributed by atoms with Gasteiger partial charge in [-0.1, -0.05) is 19.3 Å². The Labute approximate surface area is 192 Å². The van der Waals surface area contributed by atoms with Crippen molar-refractivity contribution in [3.8, 4) is 17.1 Å². The number of fused-ring (bicyclic) bond motifs is 1. The molecule has 2 fully saturated rings. The summed E-state index contributed by atoms with van der Waals surface area (Å²) in [5, 5.41) is 8.55. The van der Waals surface area contributed by atoms with Crippen LogP contribution in [0.1, 0.15) is 51.0 Å². The number of ether oxygens (including phenoxy) is 1. The summed E-state index contributed by atoms with van der Waals surface area (Å²) in [5.41, 5.74) is 0.396. The first-order valence-electron chi connectivity index (χ1n) is 11.9. The van der Waals surface area contributed by atoms with E-state index in [4.69, 9.17) is 4.74 Å². The van der Waals surface area contributed by atoms with Crippen LogP contribution in [0, 0.1) is 0 Å². The Morgan fingerprint density at radius 2 is 1.70 bits per heavy atom. The van der Waals surface area contributed by atoms with E-state index < -0.39 is 5.56 Å². The van der Waals surface area contributed by atoms with Crippen molar-refractivity contribution in [2.75, 3.05) is 26.2 Å². The van der Waals surface area contributed by atoms with Crippen molar-refractivity contribution in [3.63, 3.8) is 0 Å². The molecule has 0 bridgehead atoms. The summed E-state index contributed by atoms with van der Waals surface area (Å²) < 4.78 is 8.63. The summed E-state index contributed by atoms with van der Waals surface area (Å²) in [6.07, 6.45) is 7.80. The van der Waals surface area contributed by atoms with E-state index in [-0.39, 0.29) is 22.9 Å². The van der Waals surface area contributed by atoms with Gasteiger partial charge in [0, 0.05) is 25.2 Å². The molecule has 1 aromatic carbocycles. The fourth-order valence-electron chi connectivity index (χ4n) is 4.91. The summed E-state index contributed by atoms with van der Waals surface area (Å²) in [6, 6.07) is 7.55. The summed E-state index contributed by atoms with van der Waals surface area (Å²) in [7, 11) is 1.49. The van der Waals surface area contributed by atoms with E-state index in [9.17, 15) is 9.59 Å². The molecule has 174 valence electrons. The average Bonchev–Trinajstić information content (AvgIpc) is 3.38. The molecular formula is C24H30N6O3. The van der Waals surface area contributed by atoms with Crippen molar-refractivity contribution in [1.29, 1.82) is 0 Å². The lowest BCUT2D eigenvalue weighted by molar-refractivity contribution is 0.183. The maximum atomic E-state index is 12.8. The van der Waals surface area contributed by atoms with Gasteiger partial charge in [0.25, 0.3) is 5.56 Å². The van der Waals surface area contributed by atoms with E-state index in [0.29, 0.717) is 12.4 Å². The molecule has 2 aromatic heterocycles. The highest BCUT2D eigenvalue weighted by atomic mass is 16.5. The van der Waals surface area contributed by atoms with Crippen LogP contribution in [0.15, 0.2) is 33.9 Å². The first-order valence-corrected chi connectivity index (χ1v) is 11.9. The van der Waals surface area contributed by atoms with Gasteiger partial charge in [0.2, 0.25) is 0 Å². The molecule has 1 saturated heterocycles. The van der Waals surface area contributed by atoms with Crippen LogP contribution < -0.4 is 16.0 Å². The van der Waals surface area contributed by atoms with E-state index in [0.717, 1.165) is 61.2 Å². The number of rotatable bonds is 6. The Morgan fingerprint density at radius 3 is 2.42 bits per heavy atom. The number of hydrogen-bond donors (Lipinski definition) is 0. The third-order valence-corrected chi connectivity index (χ3v) is 6.82. The molecule has 0 radical (unpaired) electrons. The molecule has 0 atom stereocenters. The smallest absolute Gasteiger partial charge is 0.332 e. The molecule has 1 saturated carbocycles. The highest BCUT2D eigenvalue weighted by molar-refractivity contribution is 5.71. The summed E-state index contributed by atoms with van der Waals surface area (Å²) in [4.78, 5) is 32.5.